The van der Waals surface area contributed by atoms with Crippen molar-refractivity contribution in [1.29, 1.82) is 0 Å². The summed E-state index contributed by atoms with van der Waals surface area (Å²) < 4.78 is 0. The van der Waals surface area contributed by atoms with Gasteiger partial charge >= 0.3 is 0 Å². The molecular formula is C9H14N2O. The van der Waals surface area contributed by atoms with Crippen molar-refractivity contribution in [1.82, 2.24) is 4.98 Å². The van der Waals surface area contributed by atoms with Crippen LogP contribution in [0.25, 0.3) is 0 Å². The van der Waals surface area contributed by atoms with Gasteiger partial charge in [0.2, 0.25) is 0 Å². The molecule has 0 aromatic carbocycles. The van der Waals surface area contributed by atoms with Gasteiger partial charge in [0.15, 0.2) is 0 Å². The normalized spacial score (nSPS) is 12.8. The Morgan fingerprint density at radius 2 is 2.08 bits per heavy atom. The summed E-state index contributed by atoms with van der Waals surface area (Å²) in [7, 11) is 0. The van der Waals surface area contributed by atoms with Gasteiger partial charge in [-0.15, -0.1) is 0 Å². The molecule has 12 heavy (non-hydrogen) atoms. The second kappa shape index (κ2) is 4.85. The Hall–Kier alpha value is -0.930. The number of nitrogens with zero attached hydrogens (tertiary/aromatic N) is 1. The van der Waals surface area contributed by atoms with Gasteiger partial charge in [-0.2, -0.15) is 0 Å². The van der Waals surface area contributed by atoms with Crippen molar-refractivity contribution in [3.05, 3.63) is 30.1 Å². The van der Waals surface area contributed by atoms with Crippen LogP contribution in [0.4, 0.5) is 0 Å². The van der Waals surface area contributed by atoms with Gasteiger partial charge in [0.25, 0.3) is 0 Å². The lowest BCUT2D eigenvalue weighted by atomic mass is 10.0. The van der Waals surface area contributed by atoms with Crippen LogP contribution >= 0.6 is 0 Å². The van der Waals surface area contributed by atoms with E-state index >= 15 is 0 Å². The number of pyridine rings is 1. The Morgan fingerprint density at radius 1 is 1.42 bits per heavy atom. The van der Waals surface area contributed by atoms with Crippen LogP contribution in [0.2, 0.25) is 0 Å². The minimum atomic E-state index is 0.152. The third-order valence-corrected chi connectivity index (χ3v) is 1.87. The van der Waals surface area contributed by atoms with Crippen molar-refractivity contribution in [2.24, 2.45) is 11.7 Å². The number of nitrogens with two attached hydrogens (primary N) is 1. The highest BCUT2D eigenvalue weighted by atomic mass is 16.3. The second-order valence-corrected chi connectivity index (χ2v) is 2.84. The molecule has 3 N–H and O–H groups in total. The van der Waals surface area contributed by atoms with Crippen molar-refractivity contribution in [2.75, 3.05) is 13.2 Å². The van der Waals surface area contributed by atoms with Crippen LogP contribution in [0.15, 0.2) is 24.5 Å². The molecule has 0 radical (unpaired) electrons. The van der Waals surface area contributed by atoms with E-state index in [1.165, 1.54) is 5.56 Å². The molecule has 3 heteroatoms. The van der Waals surface area contributed by atoms with Gasteiger partial charge in [0, 0.05) is 19.0 Å². The fourth-order valence-corrected chi connectivity index (χ4v) is 1.07. The van der Waals surface area contributed by atoms with Gasteiger partial charge in [0.05, 0.1) is 0 Å². The average molecular weight is 166 g/mol. The predicted octanol–water partition coefficient (Wildman–Crippen LogP) is 0.191. The number of rotatable bonds is 4. The Kier molecular flexibility index (Phi) is 3.70. The van der Waals surface area contributed by atoms with Crippen LogP contribution in [0.3, 0.4) is 0 Å². The van der Waals surface area contributed by atoms with E-state index in [0.29, 0.717) is 6.54 Å². The molecule has 0 saturated heterocycles. The summed E-state index contributed by atoms with van der Waals surface area (Å²) >= 11 is 0. The fraction of sp³-hybridized carbons (Fsp3) is 0.444. The SMILES string of the molecule is NC[C@H](CO)Cc1ccncc1. The van der Waals surface area contributed by atoms with E-state index in [0.717, 1.165) is 6.42 Å². The molecule has 1 aromatic rings. The standard InChI is InChI=1S/C9H14N2O/c10-6-9(7-12)5-8-1-3-11-4-2-8/h1-4,9,12H,5-7,10H2/t9-/m1/s1. The highest BCUT2D eigenvalue weighted by Crippen LogP contribution is 2.05. The van der Waals surface area contributed by atoms with Crippen LogP contribution in [-0.2, 0) is 6.42 Å². The zero-order valence-electron chi connectivity index (χ0n) is 6.98. The highest BCUT2D eigenvalue weighted by molar-refractivity contribution is 5.10. The lowest BCUT2D eigenvalue weighted by Crippen LogP contribution is -2.20. The minimum absolute atomic E-state index is 0.152. The van der Waals surface area contributed by atoms with E-state index in [4.69, 9.17) is 10.8 Å². The number of aromatic nitrogens is 1. The maximum absolute atomic E-state index is 8.89. The lowest BCUT2D eigenvalue weighted by molar-refractivity contribution is 0.230. The first-order chi connectivity index (χ1) is 5.86. The summed E-state index contributed by atoms with van der Waals surface area (Å²) in [5, 5.41) is 8.89. The summed E-state index contributed by atoms with van der Waals surface area (Å²) in [4.78, 5) is 3.91. The maximum Gasteiger partial charge on any atom is 0.0474 e. The van der Waals surface area contributed by atoms with Gasteiger partial charge in [-0.1, -0.05) is 0 Å². The second-order valence-electron chi connectivity index (χ2n) is 2.84. The molecule has 1 rings (SSSR count). The van der Waals surface area contributed by atoms with Gasteiger partial charge in [-0.05, 0) is 36.6 Å². The third kappa shape index (κ3) is 2.60. The van der Waals surface area contributed by atoms with E-state index in [1.807, 2.05) is 12.1 Å². The van der Waals surface area contributed by atoms with E-state index in [-0.39, 0.29) is 12.5 Å². The molecule has 0 amide bonds. The largest absolute Gasteiger partial charge is 0.396 e. The molecule has 0 aliphatic carbocycles. The Labute approximate surface area is 72.2 Å². The summed E-state index contributed by atoms with van der Waals surface area (Å²) in [5.41, 5.74) is 6.63. The highest BCUT2D eigenvalue weighted by Gasteiger charge is 2.04. The molecule has 0 spiro atoms. The van der Waals surface area contributed by atoms with E-state index < -0.39 is 0 Å². The van der Waals surface area contributed by atoms with Crippen molar-refractivity contribution in [2.45, 2.75) is 6.42 Å². The maximum atomic E-state index is 8.89. The molecule has 0 fully saturated rings. The molecule has 1 heterocycles. The van der Waals surface area contributed by atoms with Gasteiger partial charge in [-0.3, -0.25) is 4.98 Å². The first-order valence-corrected chi connectivity index (χ1v) is 4.06. The summed E-state index contributed by atoms with van der Waals surface area (Å²) in [5.74, 6) is 0.174. The molecule has 1 atom stereocenters. The molecule has 0 saturated carbocycles. The zero-order valence-corrected chi connectivity index (χ0v) is 6.98. The van der Waals surface area contributed by atoms with Crippen molar-refractivity contribution in [3.8, 4) is 0 Å². The number of aliphatic hydroxyl groups excluding tert-OH is 1. The Balaban J connectivity index is 2.51. The van der Waals surface area contributed by atoms with Gasteiger partial charge < -0.3 is 10.8 Å². The third-order valence-electron chi connectivity index (χ3n) is 1.87. The van der Waals surface area contributed by atoms with Crippen LogP contribution in [-0.4, -0.2) is 23.2 Å². The van der Waals surface area contributed by atoms with Crippen LogP contribution < -0.4 is 5.73 Å². The van der Waals surface area contributed by atoms with Crippen molar-refractivity contribution in [3.63, 3.8) is 0 Å². The molecule has 0 aliphatic heterocycles. The zero-order chi connectivity index (χ0) is 8.81. The monoisotopic (exact) mass is 166 g/mol. The van der Waals surface area contributed by atoms with E-state index in [9.17, 15) is 0 Å². The first kappa shape index (κ1) is 9.16. The summed E-state index contributed by atoms with van der Waals surface area (Å²) in [6.07, 6.45) is 4.33. The van der Waals surface area contributed by atoms with Gasteiger partial charge in [0.1, 0.15) is 0 Å². The van der Waals surface area contributed by atoms with Crippen molar-refractivity contribution >= 4 is 0 Å². The first-order valence-electron chi connectivity index (χ1n) is 4.06. The molecule has 0 unspecified atom stereocenters. The number of aliphatic hydroxyl groups is 1. The quantitative estimate of drug-likeness (QED) is 0.671. The number of hydrogen-bond acceptors (Lipinski definition) is 3. The Bertz CT molecular complexity index is 209. The van der Waals surface area contributed by atoms with E-state index in [2.05, 4.69) is 4.98 Å². The predicted molar refractivity (Wildman–Crippen MR) is 47.6 cm³/mol. The topological polar surface area (TPSA) is 59.1 Å². The molecule has 66 valence electrons. The lowest BCUT2D eigenvalue weighted by Gasteiger charge is -2.10. The molecule has 3 nitrogen and oxygen atoms in total. The van der Waals surface area contributed by atoms with Crippen LogP contribution in [0.5, 0.6) is 0 Å². The summed E-state index contributed by atoms with van der Waals surface area (Å²) in [6.45, 7) is 0.678. The minimum Gasteiger partial charge on any atom is -0.396 e. The van der Waals surface area contributed by atoms with Gasteiger partial charge in [-0.25, -0.2) is 0 Å². The van der Waals surface area contributed by atoms with Crippen LogP contribution in [0.1, 0.15) is 5.56 Å². The van der Waals surface area contributed by atoms with Crippen LogP contribution in [0, 0.1) is 5.92 Å². The summed E-state index contributed by atoms with van der Waals surface area (Å²) in [6, 6.07) is 3.89. The Morgan fingerprint density at radius 3 is 2.58 bits per heavy atom. The molecular weight excluding hydrogens is 152 g/mol. The molecule has 1 aromatic heterocycles. The smallest absolute Gasteiger partial charge is 0.0474 e. The van der Waals surface area contributed by atoms with E-state index in [1.54, 1.807) is 12.4 Å². The molecule has 0 aliphatic rings. The van der Waals surface area contributed by atoms with Crippen molar-refractivity contribution < 1.29 is 5.11 Å². The average Bonchev–Trinajstić information content (AvgIpc) is 2.16. The number of hydrogen-bond donors (Lipinski definition) is 2. The fourth-order valence-electron chi connectivity index (χ4n) is 1.07. The molecule has 0 bridgehead atoms.